The van der Waals surface area contributed by atoms with Crippen molar-refractivity contribution in [2.24, 2.45) is 0 Å². The number of cyclic esters (lactones) is 1. The standard InChI is InChI=1S/C12H13NO4/c14-11(15)10-5-2-1-4-9(10)8-13-6-3-7-17-12(13)16/h1-2,4-5H,3,6-8H2,(H,14,15). The lowest BCUT2D eigenvalue weighted by Crippen LogP contribution is -2.37. The van der Waals surface area contributed by atoms with Crippen LogP contribution in [-0.4, -0.2) is 35.2 Å². The number of carbonyl (C=O) groups is 2. The number of carboxylic acids is 1. The summed E-state index contributed by atoms with van der Waals surface area (Å²) in [5.41, 5.74) is 0.852. The van der Waals surface area contributed by atoms with Crippen molar-refractivity contribution < 1.29 is 19.4 Å². The first-order valence-corrected chi connectivity index (χ1v) is 5.41. The van der Waals surface area contributed by atoms with E-state index in [4.69, 9.17) is 9.84 Å². The minimum atomic E-state index is -0.981. The van der Waals surface area contributed by atoms with Crippen LogP contribution in [0.2, 0.25) is 0 Å². The third-order valence-electron chi connectivity index (χ3n) is 2.67. The zero-order chi connectivity index (χ0) is 12.3. The number of hydrogen-bond acceptors (Lipinski definition) is 3. The van der Waals surface area contributed by atoms with Gasteiger partial charge in [-0.1, -0.05) is 18.2 Å². The summed E-state index contributed by atoms with van der Waals surface area (Å²) in [4.78, 5) is 24.0. The molecule has 1 N–H and O–H groups in total. The van der Waals surface area contributed by atoms with E-state index in [1.54, 1.807) is 18.2 Å². The van der Waals surface area contributed by atoms with Crippen molar-refractivity contribution >= 4 is 12.1 Å². The highest BCUT2D eigenvalue weighted by Crippen LogP contribution is 2.14. The van der Waals surface area contributed by atoms with Gasteiger partial charge in [-0.3, -0.25) is 0 Å². The van der Waals surface area contributed by atoms with Gasteiger partial charge in [0.2, 0.25) is 0 Å². The highest BCUT2D eigenvalue weighted by molar-refractivity contribution is 5.89. The number of amides is 1. The molecule has 5 nitrogen and oxygen atoms in total. The monoisotopic (exact) mass is 235 g/mol. The van der Waals surface area contributed by atoms with E-state index in [2.05, 4.69) is 0 Å². The fraction of sp³-hybridized carbons (Fsp3) is 0.333. The molecule has 1 heterocycles. The van der Waals surface area contributed by atoms with Crippen LogP contribution in [-0.2, 0) is 11.3 Å². The lowest BCUT2D eigenvalue weighted by Gasteiger charge is -2.26. The summed E-state index contributed by atoms with van der Waals surface area (Å²) in [6.07, 6.45) is 0.400. The predicted octanol–water partition coefficient (Wildman–Crippen LogP) is 1.73. The maximum Gasteiger partial charge on any atom is 0.410 e. The molecule has 0 radical (unpaired) electrons. The van der Waals surface area contributed by atoms with Crippen LogP contribution < -0.4 is 0 Å². The molecule has 0 unspecified atom stereocenters. The molecule has 0 atom stereocenters. The summed E-state index contributed by atoms with van der Waals surface area (Å²) in [7, 11) is 0. The van der Waals surface area contributed by atoms with E-state index in [0.717, 1.165) is 6.42 Å². The summed E-state index contributed by atoms with van der Waals surface area (Å²) in [5, 5.41) is 9.03. The molecule has 1 saturated heterocycles. The average molecular weight is 235 g/mol. The van der Waals surface area contributed by atoms with Gasteiger partial charge in [0.05, 0.1) is 12.2 Å². The smallest absolute Gasteiger partial charge is 0.410 e. The quantitative estimate of drug-likeness (QED) is 0.866. The van der Waals surface area contributed by atoms with Gasteiger partial charge in [0.1, 0.15) is 0 Å². The summed E-state index contributed by atoms with van der Waals surface area (Å²) in [6, 6.07) is 6.68. The zero-order valence-corrected chi connectivity index (χ0v) is 9.26. The minimum Gasteiger partial charge on any atom is -0.478 e. The second-order valence-corrected chi connectivity index (χ2v) is 3.85. The van der Waals surface area contributed by atoms with Crippen molar-refractivity contribution in [3.8, 4) is 0 Å². The van der Waals surface area contributed by atoms with Gasteiger partial charge in [0, 0.05) is 13.1 Å². The van der Waals surface area contributed by atoms with E-state index in [1.165, 1.54) is 11.0 Å². The molecule has 0 aliphatic carbocycles. The Balaban J connectivity index is 2.17. The largest absolute Gasteiger partial charge is 0.478 e. The van der Waals surface area contributed by atoms with Gasteiger partial charge in [-0.05, 0) is 18.1 Å². The first kappa shape index (κ1) is 11.4. The molecule has 17 heavy (non-hydrogen) atoms. The number of aromatic carboxylic acids is 1. The van der Waals surface area contributed by atoms with E-state index in [9.17, 15) is 9.59 Å². The van der Waals surface area contributed by atoms with E-state index >= 15 is 0 Å². The van der Waals surface area contributed by atoms with Crippen molar-refractivity contribution in [3.05, 3.63) is 35.4 Å². The number of ether oxygens (including phenoxy) is 1. The van der Waals surface area contributed by atoms with Crippen LogP contribution in [0.3, 0.4) is 0 Å². The normalized spacial score (nSPS) is 15.5. The number of benzene rings is 1. The van der Waals surface area contributed by atoms with Gasteiger partial charge >= 0.3 is 12.1 Å². The Kier molecular flexibility index (Phi) is 3.27. The molecule has 0 spiro atoms. The predicted molar refractivity (Wildman–Crippen MR) is 59.8 cm³/mol. The highest BCUT2D eigenvalue weighted by atomic mass is 16.6. The second kappa shape index (κ2) is 4.86. The third-order valence-corrected chi connectivity index (χ3v) is 2.67. The molecule has 5 heteroatoms. The van der Waals surface area contributed by atoms with Crippen molar-refractivity contribution in [2.45, 2.75) is 13.0 Å². The summed E-state index contributed by atoms with van der Waals surface area (Å²) in [5.74, 6) is -0.981. The van der Waals surface area contributed by atoms with Gasteiger partial charge in [0.15, 0.2) is 0 Å². The van der Waals surface area contributed by atoms with Crippen LogP contribution in [0.5, 0.6) is 0 Å². The summed E-state index contributed by atoms with van der Waals surface area (Å²) in [6.45, 7) is 1.32. The molecule has 1 fully saturated rings. The Morgan fingerprint density at radius 1 is 1.41 bits per heavy atom. The lowest BCUT2D eigenvalue weighted by molar-refractivity contribution is 0.0660. The maximum atomic E-state index is 11.4. The van der Waals surface area contributed by atoms with E-state index in [0.29, 0.717) is 18.7 Å². The first-order chi connectivity index (χ1) is 8.18. The van der Waals surface area contributed by atoms with Crippen molar-refractivity contribution in [1.29, 1.82) is 0 Å². The molecule has 1 amide bonds. The third kappa shape index (κ3) is 2.55. The van der Waals surface area contributed by atoms with Gasteiger partial charge < -0.3 is 14.7 Å². The Labute approximate surface area is 98.6 Å². The molecule has 1 aliphatic rings. The molecule has 0 bridgehead atoms. The van der Waals surface area contributed by atoms with E-state index in [1.807, 2.05) is 0 Å². The summed E-state index contributed by atoms with van der Waals surface area (Å²) < 4.78 is 4.90. The van der Waals surface area contributed by atoms with Crippen LogP contribution >= 0.6 is 0 Å². The number of carboxylic acid groups (broad SMARTS) is 1. The maximum absolute atomic E-state index is 11.4. The Bertz CT molecular complexity index is 444. The Morgan fingerprint density at radius 2 is 2.18 bits per heavy atom. The highest BCUT2D eigenvalue weighted by Gasteiger charge is 2.21. The minimum absolute atomic E-state index is 0.228. The molecule has 90 valence electrons. The van der Waals surface area contributed by atoms with Gasteiger partial charge in [0.25, 0.3) is 0 Å². The fourth-order valence-electron chi connectivity index (χ4n) is 1.81. The molecule has 1 aliphatic heterocycles. The molecule has 1 aromatic rings. The molecular formula is C12H13NO4. The van der Waals surface area contributed by atoms with Gasteiger partial charge in [-0.2, -0.15) is 0 Å². The van der Waals surface area contributed by atoms with Crippen molar-refractivity contribution in [2.75, 3.05) is 13.2 Å². The van der Waals surface area contributed by atoms with Gasteiger partial charge in [-0.25, -0.2) is 9.59 Å². The van der Waals surface area contributed by atoms with Crippen molar-refractivity contribution in [3.63, 3.8) is 0 Å². The number of rotatable bonds is 3. The summed E-state index contributed by atoms with van der Waals surface area (Å²) >= 11 is 0. The first-order valence-electron chi connectivity index (χ1n) is 5.41. The van der Waals surface area contributed by atoms with Crippen LogP contribution in [0.1, 0.15) is 22.3 Å². The van der Waals surface area contributed by atoms with Gasteiger partial charge in [-0.15, -0.1) is 0 Å². The van der Waals surface area contributed by atoms with Crippen LogP contribution in [0.15, 0.2) is 24.3 Å². The fourth-order valence-corrected chi connectivity index (χ4v) is 1.81. The Morgan fingerprint density at radius 3 is 2.88 bits per heavy atom. The SMILES string of the molecule is O=C(O)c1ccccc1CN1CCCOC1=O. The van der Waals surface area contributed by atoms with E-state index < -0.39 is 5.97 Å². The second-order valence-electron chi connectivity index (χ2n) is 3.85. The van der Waals surface area contributed by atoms with Crippen LogP contribution in [0.4, 0.5) is 4.79 Å². The molecule has 1 aromatic carbocycles. The number of nitrogens with zero attached hydrogens (tertiary/aromatic N) is 1. The molecule has 2 rings (SSSR count). The average Bonchev–Trinajstić information content (AvgIpc) is 2.32. The topological polar surface area (TPSA) is 66.8 Å². The number of hydrogen-bond donors (Lipinski definition) is 1. The zero-order valence-electron chi connectivity index (χ0n) is 9.26. The van der Waals surface area contributed by atoms with Crippen LogP contribution in [0, 0.1) is 0 Å². The molecule has 0 saturated carbocycles. The number of carbonyl (C=O) groups excluding carboxylic acids is 1. The van der Waals surface area contributed by atoms with Crippen LogP contribution in [0.25, 0.3) is 0 Å². The molecule has 0 aromatic heterocycles. The van der Waals surface area contributed by atoms with E-state index in [-0.39, 0.29) is 18.2 Å². The Hall–Kier alpha value is -2.04. The van der Waals surface area contributed by atoms with Crippen molar-refractivity contribution in [1.82, 2.24) is 4.90 Å². The molecular weight excluding hydrogens is 222 g/mol. The lowest BCUT2D eigenvalue weighted by atomic mass is 10.1.